The lowest BCUT2D eigenvalue weighted by atomic mass is 10.0. The van der Waals surface area contributed by atoms with Crippen LogP contribution in [0.1, 0.15) is 11.8 Å². The fraction of sp³-hybridized carbons (Fsp3) is 0.176. The van der Waals surface area contributed by atoms with E-state index >= 15 is 0 Å². The van der Waals surface area contributed by atoms with Crippen molar-refractivity contribution in [2.75, 3.05) is 18.4 Å². The van der Waals surface area contributed by atoms with Crippen molar-refractivity contribution in [2.24, 2.45) is 0 Å². The molecule has 1 N–H and O–H groups in total. The van der Waals surface area contributed by atoms with Crippen molar-refractivity contribution < 1.29 is 13.7 Å². The molecule has 7 nitrogen and oxygen atoms in total. The van der Waals surface area contributed by atoms with Crippen LogP contribution in [0, 0.1) is 5.82 Å². The zero-order valence-corrected chi connectivity index (χ0v) is 13.1. The van der Waals surface area contributed by atoms with Crippen molar-refractivity contribution in [1.82, 2.24) is 20.0 Å². The normalized spacial score (nSPS) is 14.2. The standard InChI is InChI=1S/C17H14FN5O2/c18-13-3-1-2-4-14(13)20-17(24)23-9-12(10-23)16-21-15(22-25-16)11-5-7-19-8-6-11/h1-8,12H,9-10H2,(H,20,24). The number of urea groups is 1. The molecule has 1 aromatic carbocycles. The highest BCUT2D eigenvalue weighted by atomic mass is 19.1. The lowest BCUT2D eigenvalue weighted by Gasteiger charge is -2.36. The number of carbonyl (C=O) groups excluding carboxylic acids is 1. The Hall–Kier alpha value is -3.29. The molecule has 1 aliphatic rings. The third-order valence-electron chi connectivity index (χ3n) is 4.01. The van der Waals surface area contributed by atoms with E-state index in [1.54, 1.807) is 41.6 Å². The van der Waals surface area contributed by atoms with Crippen molar-refractivity contribution in [2.45, 2.75) is 5.92 Å². The summed E-state index contributed by atoms with van der Waals surface area (Å²) in [6.45, 7) is 0.885. The number of benzene rings is 1. The highest BCUT2D eigenvalue weighted by Gasteiger charge is 2.36. The van der Waals surface area contributed by atoms with Crippen molar-refractivity contribution in [3.63, 3.8) is 0 Å². The maximum atomic E-state index is 13.6. The van der Waals surface area contributed by atoms with Gasteiger partial charge in [0.05, 0.1) is 11.6 Å². The lowest BCUT2D eigenvalue weighted by molar-refractivity contribution is 0.147. The molecule has 1 saturated heterocycles. The van der Waals surface area contributed by atoms with Gasteiger partial charge in [-0.3, -0.25) is 4.98 Å². The van der Waals surface area contributed by atoms with Crippen LogP contribution in [0.15, 0.2) is 53.3 Å². The Kier molecular flexibility index (Phi) is 3.85. The van der Waals surface area contributed by atoms with Crippen LogP contribution < -0.4 is 5.32 Å². The zero-order valence-electron chi connectivity index (χ0n) is 13.1. The smallest absolute Gasteiger partial charge is 0.321 e. The van der Waals surface area contributed by atoms with Crippen molar-refractivity contribution in [3.8, 4) is 11.4 Å². The molecule has 126 valence electrons. The molecule has 0 atom stereocenters. The van der Waals surface area contributed by atoms with Gasteiger partial charge in [0, 0.05) is 31.0 Å². The largest absolute Gasteiger partial charge is 0.339 e. The van der Waals surface area contributed by atoms with Crippen LogP contribution in [0.4, 0.5) is 14.9 Å². The molecule has 2 amide bonds. The van der Waals surface area contributed by atoms with Crippen LogP contribution in [0.2, 0.25) is 0 Å². The zero-order chi connectivity index (χ0) is 17.2. The van der Waals surface area contributed by atoms with Gasteiger partial charge in [0.15, 0.2) is 0 Å². The molecule has 25 heavy (non-hydrogen) atoms. The van der Waals surface area contributed by atoms with Crippen LogP contribution >= 0.6 is 0 Å². The van der Waals surface area contributed by atoms with Gasteiger partial charge >= 0.3 is 6.03 Å². The minimum Gasteiger partial charge on any atom is -0.339 e. The molecule has 0 spiro atoms. The predicted molar refractivity (Wildman–Crippen MR) is 87.3 cm³/mol. The summed E-state index contributed by atoms with van der Waals surface area (Å²) in [7, 11) is 0. The first-order chi connectivity index (χ1) is 12.2. The van der Waals surface area contributed by atoms with Gasteiger partial charge in [-0.15, -0.1) is 0 Å². The highest BCUT2D eigenvalue weighted by molar-refractivity contribution is 5.90. The van der Waals surface area contributed by atoms with E-state index in [1.165, 1.54) is 12.1 Å². The summed E-state index contributed by atoms with van der Waals surface area (Å²) < 4.78 is 18.9. The quantitative estimate of drug-likeness (QED) is 0.793. The Bertz CT molecular complexity index is 893. The van der Waals surface area contributed by atoms with Gasteiger partial charge in [0.2, 0.25) is 11.7 Å². The first-order valence-corrected chi connectivity index (χ1v) is 7.75. The lowest BCUT2D eigenvalue weighted by Crippen LogP contribution is -2.50. The fourth-order valence-corrected chi connectivity index (χ4v) is 2.58. The Balaban J connectivity index is 1.37. The number of nitrogens with zero attached hydrogens (tertiary/aromatic N) is 4. The molecule has 4 rings (SSSR count). The molecule has 3 aromatic rings. The van der Waals surface area contributed by atoms with E-state index < -0.39 is 5.82 Å². The first-order valence-electron chi connectivity index (χ1n) is 7.75. The van der Waals surface area contributed by atoms with Gasteiger partial charge in [0.1, 0.15) is 5.82 Å². The van der Waals surface area contributed by atoms with E-state index in [0.717, 1.165) is 5.56 Å². The molecular formula is C17H14FN5O2. The number of carbonyl (C=O) groups is 1. The number of halogens is 1. The van der Waals surface area contributed by atoms with Gasteiger partial charge < -0.3 is 14.7 Å². The molecule has 3 heterocycles. The third-order valence-corrected chi connectivity index (χ3v) is 4.01. The molecular weight excluding hydrogens is 325 g/mol. The van der Waals surface area contributed by atoms with Crippen LogP contribution in [0.5, 0.6) is 0 Å². The minimum atomic E-state index is -0.466. The SMILES string of the molecule is O=C(Nc1ccccc1F)N1CC(c2nc(-c3ccncc3)no2)C1. The molecule has 0 unspecified atom stereocenters. The van der Waals surface area contributed by atoms with Gasteiger partial charge in [-0.25, -0.2) is 9.18 Å². The number of nitrogens with one attached hydrogen (secondary N) is 1. The summed E-state index contributed by atoms with van der Waals surface area (Å²) in [6.07, 6.45) is 3.31. The number of hydrogen-bond acceptors (Lipinski definition) is 5. The average molecular weight is 339 g/mol. The van der Waals surface area contributed by atoms with Gasteiger partial charge in [-0.2, -0.15) is 4.98 Å². The summed E-state index contributed by atoms with van der Waals surface area (Å²) in [5, 5.41) is 6.51. The molecule has 0 saturated carbocycles. The van der Waals surface area contributed by atoms with Crippen LogP contribution in [-0.4, -0.2) is 39.1 Å². The molecule has 8 heteroatoms. The van der Waals surface area contributed by atoms with E-state index in [0.29, 0.717) is 24.8 Å². The van der Waals surface area contributed by atoms with Gasteiger partial charge in [-0.05, 0) is 24.3 Å². The summed E-state index contributed by atoms with van der Waals surface area (Å²) in [5.41, 5.74) is 0.979. The average Bonchev–Trinajstić information content (AvgIpc) is 3.06. The number of anilines is 1. The topological polar surface area (TPSA) is 84.2 Å². The number of amides is 2. The van der Waals surface area contributed by atoms with Crippen molar-refractivity contribution in [1.29, 1.82) is 0 Å². The Morgan fingerprint density at radius 2 is 1.96 bits per heavy atom. The summed E-state index contributed by atoms with van der Waals surface area (Å²) >= 11 is 0. The Labute approximate surface area is 142 Å². The maximum Gasteiger partial charge on any atom is 0.321 e. The minimum absolute atomic E-state index is 0.0190. The maximum absolute atomic E-state index is 13.6. The second-order valence-electron chi connectivity index (χ2n) is 5.70. The number of pyridine rings is 1. The number of likely N-dealkylation sites (tertiary alicyclic amines) is 1. The molecule has 1 aliphatic heterocycles. The van der Waals surface area contributed by atoms with E-state index in [9.17, 15) is 9.18 Å². The summed E-state index contributed by atoms with van der Waals surface area (Å²) in [4.78, 5) is 22.0. The van der Waals surface area contributed by atoms with Crippen molar-refractivity contribution in [3.05, 3.63) is 60.5 Å². The molecule has 0 aliphatic carbocycles. The van der Waals surface area contributed by atoms with Crippen LogP contribution in [0.3, 0.4) is 0 Å². The third kappa shape index (κ3) is 3.06. The van der Waals surface area contributed by atoms with E-state index in [2.05, 4.69) is 20.4 Å². The van der Waals surface area contributed by atoms with Gasteiger partial charge in [-0.1, -0.05) is 17.3 Å². The number of para-hydroxylation sites is 1. The molecule has 0 radical (unpaired) electrons. The summed E-state index contributed by atoms with van der Waals surface area (Å²) in [6, 6.07) is 9.29. The Morgan fingerprint density at radius 3 is 2.72 bits per heavy atom. The highest BCUT2D eigenvalue weighted by Crippen LogP contribution is 2.28. The first kappa shape index (κ1) is 15.3. The summed E-state index contributed by atoms with van der Waals surface area (Å²) in [5.74, 6) is 0.495. The van der Waals surface area contributed by atoms with Gasteiger partial charge in [0.25, 0.3) is 0 Å². The molecule has 2 aromatic heterocycles. The van der Waals surface area contributed by atoms with Crippen molar-refractivity contribution >= 4 is 11.7 Å². The molecule has 1 fully saturated rings. The van der Waals surface area contributed by atoms with Crippen LogP contribution in [0.25, 0.3) is 11.4 Å². The number of rotatable bonds is 3. The van der Waals surface area contributed by atoms with Crippen LogP contribution in [-0.2, 0) is 0 Å². The number of aromatic nitrogens is 3. The number of hydrogen-bond donors (Lipinski definition) is 1. The monoisotopic (exact) mass is 339 g/mol. The molecule has 0 bridgehead atoms. The fourth-order valence-electron chi connectivity index (χ4n) is 2.58. The van der Waals surface area contributed by atoms with E-state index in [-0.39, 0.29) is 17.6 Å². The Morgan fingerprint density at radius 1 is 1.20 bits per heavy atom. The van der Waals surface area contributed by atoms with E-state index in [1.807, 2.05) is 0 Å². The second kappa shape index (κ2) is 6.31. The second-order valence-corrected chi connectivity index (χ2v) is 5.70. The predicted octanol–water partition coefficient (Wildman–Crippen LogP) is 2.90. The van der Waals surface area contributed by atoms with E-state index in [4.69, 9.17) is 4.52 Å².